The Balaban J connectivity index is 1.82. The summed E-state index contributed by atoms with van der Waals surface area (Å²) in [6.07, 6.45) is 3.21. The lowest BCUT2D eigenvalue weighted by Crippen LogP contribution is -2.45. The second kappa shape index (κ2) is 8.56. The number of aromatic nitrogens is 2. The molecule has 1 aromatic carbocycles. The van der Waals surface area contributed by atoms with Crippen LogP contribution in [0.25, 0.3) is 16.3 Å². The zero-order valence-electron chi connectivity index (χ0n) is 15.4. The number of carbonyl (C=O) groups excluding carboxylic acids is 1. The van der Waals surface area contributed by atoms with Crippen LogP contribution in [0.1, 0.15) is 35.3 Å². The van der Waals surface area contributed by atoms with Gasteiger partial charge in [-0.15, -0.1) is 11.3 Å². The minimum Gasteiger partial charge on any atom is -0.283 e. The molecule has 29 heavy (non-hydrogen) atoms. The van der Waals surface area contributed by atoms with Crippen molar-refractivity contribution < 1.29 is 4.79 Å². The quantitative estimate of drug-likeness (QED) is 0.618. The average molecular weight is 446 g/mol. The normalized spacial score (nSPS) is 14.5. The van der Waals surface area contributed by atoms with E-state index in [1.54, 1.807) is 22.9 Å². The molecule has 3 aromatic rings. The molecule has 6 nitrogen and oxygen atoms in total. The smallest absolute Gasteiger partial charge is 0.283 e. The predicted octanol–water partition coefficient (Wildman–Crippen LogP) is 4.91. The maximum Gasteiger partial charge on any atom is 0.287 e. The lowest BCUT2D eigenvalue weighted by molar-refractivity contribution is 0.0744. The molecule has 0 unspecified atom stereocenters. The number of amides is 1. The highest BCUT2D eigenvalue weighted by atomic mass is 35.5. The summed E-state index contributed by atoms with van der Waals surface area (Å²) >= 11 is 13.9. The summed E-state index contributed by atoms with van der Waals surface area (Å²) in [6.45, 7) is 1.57. The summed E-state index contributed by atoms with van der Waals surface area (Å²) in [5.74, 6) is -0.398. The van der Waals surface area contributed by atoms with E-state index in [1.807, 2.05) is 22.5 Å². The molecule has 1 N–H and O–H groups in total. The molecule has 0 radical (unpaired) electrons. The van der Waals surface area contributed by atoms with Gasteiger partial charge in [0.05, 0.1) is 15.6 Å². The van der Waals surface area contributed by atoms with Gasteiger partial charge in [0.25, 0.3) is 5.91 Å². The number of nitrogens with zero attached hydrogens (tertiary/aromatic N) is 4. The first kappa shape index (κ1) is 19.9. The van der Waals surface area contributed by atoms with Crippen LogP contribution in [0.15, 0.2) is 35.7 Å². The molecule has 1 saturated heterocycles. The topological polar surface area (TPSA) is 74.0 Å². The summed E-state index contributed by atoms with van der Waals surface area (Å²) in [7, 11) is 0. The fourth-order valence-corrected chi connectivity index (χ4v) is 4.60. The first-order valence-corrected chi connectivity index (χ1v) is 10.8. The van der Waals surface area contributed by atoms with Crippen LogP contribution in [-0.4, -0.2) is 33.8 Å². The van der Waals surface area contributed by atoms with Gasteiger partial charge >= 0.3 is 0 Å². The SMILES string of the molecule is N#Cc1c(C(=O)NN2CCCCC2)nn(-c2ccc(Cl)cc2Cl)c1-c1cccs1. The van der Waals surface area contributed by atoms with Gasteiger partial charge in [-0.2, -0.15) is 10.4 Å². The van der Waals surface area contributed by atoms with Crippen LogP contribution in [0.2, 0.25) is 10.0 Å². The van der Waals surface area contributed by atoms with E-state index in [4.69, 9.17) is 23.2 Å². The van der Waals surface area contributed by atoms with E-state index in [-0.39, 0.29) is 11.3 Å². The second-order valence-electron chi connectivity index (χ2n) is 6.66. The Morgan fingerprint density at radius 2 is 2.00 bits per heavy atom. The highest BCUT2D eigenvalue weighted by molar-refractivity contribution is 7.13. The molecule has 0 bridgehead atoms. The number of hydrazine groups is 1. The molecule has 2 aromatic heterocycles. The molecule has 1 amide bonds. The number of carbonyl (C=O) groups is 1. The van der Waals surface area contributed by atoms with Crippen LogP contribution >= 0.6 is 34.5 Å². The van der Waals surface area contributed by atoms with Crippen molar-refractivity contribution in [2.75, 3.05) is 13.1 Å². The van der Waals surface area contributed by atoms with Gasteiger partial charge in [-0.05, 0) is 42.5 Å². The minimum absolute atomic E-state index is 0.0764. The molecular formula is C20H17Cl2N5OS. The van der Waals surface area contributed by atoms with E-state index < -0.39 is 5.91 Å². The highest BCUT2D eigenvalue weighted by Crippen LogP contribution is 2.34. The number of benzene rings is 1. The maximum absolute atomic E-state index is 13.0. The zero-order valence-corrected chi connectivity index (χ0v) is 17.7. The van der Waals surface area contributed by atoms with Crippen LogP contribution in [0, 0.1) is 11.3 Å². The van der Waals surface area contributed by atoms with Gasteiger partial charge in [0.15, 0.2) is 5.69 Å². The first-order chi connectivity index (χ1) is 14.1. The van der Waals surface area contributed by atoms with Gasteiger partial charge in [-0.3, -0.25) is 10.2 Å². The maximum atomic E-state index is 13.0. The number of nitrogens with one attached hydrogen (secondary N) is 1. The monoisotopic (exact) mass is 445 g/mol. The summed E-state index contributed by atoms with van der Waals surface area (Å²) in [6, 6.07) is 11.0. The Morgan fingerprint density at radius 3 is 2.66 bits per heavy atom. The molecule has 0 spiro atoms. The van der Waals surface area contributed by atoms with E-state index in [0.717, 1.165) is 37.2 Å². The molecule has 9 heteroatoms. The molecule has 1 aliphatic heterocycles. The van der Waals surface area contributed by atoms with Gasteiger partial charge in [0.1, 0.15) is 17.3 Å². The number of nitriles is 1. The lowest BCUT2D eigenvalue weighted by Gasteiger charge is -2.26. The summed E-state index contributed by atoms with van der Waals surface area (Å²) in [5, 5.41) is 19.0. The van der Waals surface area contributed by atoms with Crippen molar-refractivity contribution in [1.82, 2.24) is 20.2 Å². The van der Waals surface area contributed by atoms with E-state index in [1.165, 1.54) is 11.3 Å². The minimum atomic E-state index is -0.398. The number of hydrogen-bond donors (Lipinski definition) is 1. The van der Waals surface area contributed by atoms with Crippen molar-refractivity contribution in [1.29, 1.82) is 5.26 Å². The highest BCUT2D eigenvalue weighted by Gasteiger charge is 2.27. The Bertz CT molecular complexity index is 1080. The van der Waals surface area contributed by atoms with E-state index in [0.29, 0.717) is 21.4 Å². The van der Waals surface area contributed by atoms with Crippen LogP contribution in [0.3, 0.4) is 0 Å². The summed E-state index contributed by atoms with van der Waals surface area (Å²) < 4.78 is 1.55. The van der Waals surface area contributed by atoms with Crippen LogP contribution in [0.4, 0.5) is 0 Å². The third-order valence-corrected chi connectivity index (χ3v) is 6.13. The van der Waals surface area contributed by atoms with Crippen molar-refractivity contribution in [3.63, 3.8) is 0 Å². The van der Waals surface area contributed by atoms with E-state index >= 15 is 0 Å². The predicted molar refractivity (Wildman–Crippen MR) is 115 cm³/mol. The van der Waals surface area contributed by atoms with E-state index in [2.05, 4.69) is 16.6 Å². The van der Waals surface area contributed by atoms with Crippen molar-refractivity contribution in [2.45, 2.75) is 19.3 Å². The molecule has 148 valence electrons. The average Bonchev–Trinajstić information content (AvgIpc) is 3.36. The fraction of sp³-hybridized carbons (Fsp3) is 0.250. The number of rotatable bonds is 4. The number of piperidine rings is 1. The van der Waals surface area contributed by atoms with Crippen molar-refractivity contribution in [3.05, 3.63) is 57.0 Å². The molecule has 0 saturated carbocycles. The fourth-order valence-electron chi connectivity index (χ4n) is 3.35. The molecule has 3 heterocycles. The van der Waals surface area contributed by atoms with Gasteiger partial charge in [0.2, 0.25) is 0 Å². The molecule has 1 aliphatic rings. The van der Waals surface area contributed by atoms with Crippen LogP contribution in [-0.2, 0) is 0 Å². The van der Waals surface area contributed by atoms with Crippen molar-refractivity contribution in [2.24, 2.45) is 0 Å². The summed E-state index contributed by atoms with van der Waals surface area (Å²) in [5.41, 5.74) is 4.27. The van der Waals surface area contributed by atoms with Gasteiger partial charge in [-0.25, -0.2) is 9.69 Å². The molecule has 1 fully saturated rings. The number of thiophene rings is 1. The Labute approximate surface area is 182 Å². The van der Waals surface area contributed by atoms with Crippen LogP contribution in [0.5, 0.6) is 0 Å². The largest absolute Gasteiger partial charge is 0.287 e. The molecule has 0 atom stereocenters. The standard InChI is InChI=1S/C20H17Cl2N5OS/c21-13-6-7-16(15(22)11-13)27-19(17-5-4-10-29-17)14(12-23)18(24-27)20(28)25-26-8-2-1-3-9-26/h4-7,10-11H,1-3,8-9H2,(H,25,28). The van der Waals surface area contributed by atoms with Gasteiger partial charge in [0, 0.05) is 18.1 Å². The number of hydrogen-bond acceptors (Lipinski definition) is 5. The first-order valence-electron chi connectivity index (χ1n) is 9.17. The molecular weight excluding hydrogens is 429 g/mol. The third-order valence-electron chi connectivity index (χ3n) is 4.72. The molecule has 4 rings (SSSR count). The Morgan fingerprint density at radius 1 is 1.21 bits per heavy atom. The van der Waals surface area contributed by atoms with Gasteiger partial charge in [-0.1, -0.05) is 35.7 Å². The van der Waals surface area contributed by atoms with Gasteiger partial charge < -0.3 is 0 Å². The van der Waals surface area contributed by atoms with Crippen molar-refractivity contribution >= 4 is 40.4 Å². The molecule has 0 aliphatic carbocycles. The van der Waals surface area contributed by atoms with Crippen molar-refractivity contribution in [3.8, 4) is 22.3 Å². The Hall–Kier alpha value is -2.37. The summed E-state index contributed by atoms with van der Waals surface area (Å²) in [4.78, 5) is 13.8. The Kier molecular flexibility index (Phi) is 5.88. The number of halogens is 2. The van der Waals surface area contributed by atoms with Crippen LogP contribution < -0.4 is 5.43 Å². The lowest BCUT2D eigenvalue weighted by atomic mass is 10.1. The zero-order chi connectivity index (χ0) is 20.4. The second-order valence-corrected chi connectivity index (χ2v) is 8.45. The third kappa shape index (κ3) is 4.02. The van der Waals surface area contributed by atoms with E-state index in [9.17, 15) is 10.1 Å².